The van der Waals surface area contributed by atoms with Crippen LogP contribution >= 0.6 is 23.1 Å². The van der Waals surface area contributed by atoms with Crippen molar-refractivity contribution in [2.75, 3.05) is 11.6 Å². The van der Waals surface area contributed by atoms with Gasteiger partial charge in [-0.2, -0.15) is 0 Å². The number of nitrogens with zero attached hydrogens (tertiary/aromatic N) is 2. The van der Waals surface area contributed by atoms with E-state index in [9.17, 15) is 14.4 Å². The molecular weight excluding hydrogens is 406 g/mol. The summed E-state index contributed by atoms with van der Waals surface area (Å²) in [5.41, 5.74) is 0.674. The second kappa shape index (κ2) is 8.10. The minimum atomic E-state index is -0.542. The third-order valence-electron chi connectivity index (χ3n) is 4.42. The number of thioether (sulfide) groups is 1. The molecule has 0 saturated carbocycles. The lowest BCUT2D eigenvalue weighted by atomic mass is 10.3. The first kappa shape index (κ1) is 19.2. The number of fused-ring (bicyclic) bond motifs is 1. The van der Waals surface area contributed by atoms with Crippen molar-refractivity contribution in [3.63, 3.8) is 0 Å². The van der Waals surface area contributed by atoms with Gasteiger partial charge < -0.3 is 5.32 Å². The van der Waals surface area contributed by atoms with Crippen molar-refractivity contribution in [3.05, 3.63) is 86.9 Å². The first-order valence-electron chi connectivity index (χ1n) is 8.81. The summed E-state index contributed by atoms with van der Waals surface area (Å²) in [7, 11) is 0. The molecule has 0 bridgehead atoms. The molecule has 2 aromatic heterocycles. The molecule has 29 heavy (non-hydrogen) atoms. The first-order valence-corrected chi connectivity index (χ1v) is 10.9. The van der Waals surface area contributed by atoms with Gasteiger partial charge in [-0.15, -0.1) is 23.1 Å². The fourth-order valence-electron chi connectivity index (χ4n) is 3.09. The summed E-state index contributed by atoms with van der Waals surface area (Å²) in [6, 6.07) is 17.9. The zero-order chi connectivity index (χ0) is 20.4. The topological polar surface area (TPSA) is 73.1 Å². The molecule has 0 unspecified atom stereocenters. The quantitative estimate of drug-likeness (QED) is 0.498. The lowest BCUT2D eigenvalue weighted by Gasteiger charge is -2.12. The van der Waals surface area contributed by atoms with E-state index in [-0.39, 0.29) is 18.0 Å². The normalized spacial score (nSPS) is 10.9. The van der Waals surface area contributed by atoms with Gasteiger partial charge in [-0.25, -0.2) is 9.36 Å². The molecule has 0 atom stereocenters. The Morgan fingerprint density at radius 3 is 2.62 bits per heavy atom. The Balaban J connectivity index is 1.75. The van der Waals surface area contributed by atoms with Crippen LogP contribution in [0.5, 0.6) is 0 Å². The molecule has 4 rings (SSSR count). The number of nitrogens with one attached hydrogen (secondary N) is 1. The minimum absolute atomic E-state index is 0.192. The van der Waals surface area contributed by atoms with Crippen molar-refractivity contribution in [2.45, 2.75) is 11.4 Å². The molecule has 2 heterocycles. The summed E-state index contributed by atoms with van der Waals surface area (Å²) in [5, 5.41) is 4.57. The molecule has 0 fully saturated rings. The summed E-state index contributed by atoms with van der Waals surface area (Å²) >= 11 is 2.83. The van der Waals surface area contributed by atoms with Crippen LogP contribution in [0.25, 0.3) is 15.9 Å². The third kappa shape index (κ3) is 3.76. The van der Waals surface area contributed by atoms with Crippen LogP contribution in [0.2, 0.25) is 0 Å². The summed E-state index contributed by atoms with van der Waals surface area (Å²) in [4.78, 5) is 39.7. The highest BCUT2D eigenvalue weighted by molar-refractivity contribution is 7.98. The highest BCUT2D eigenvalue weighted by Gasteiger charge is 2.17. The van der Waals surface area contributed by atoms with E-state index in [0.717, 1.165) is 9.46 Å². The number of carbonyl (C=O) groups excluding carboxylic acids is 1. The summed E-state index contributed by atoms with van der Waals surface area (Å²) in [6.07, 6.45) is 1.96. The number of hydrogen-bond donors (Lipinski definition) is 1. The van der Waals surface area contributed by atoms with Gasteiger partial charge in [-0.05, 0) is 48.0 Å². The molecule has 0 radical (unpaired) electrons. The zero-order valence-corrected chi connectivity index (χ0v) is 17.1. The van der Waals surface area contributed by atoms with Crippen LogP contribution in [0.3, 0.4) is 0 Å². The van der Waals surface area contributed by atoms with E-state index in [0.29, 0.717) is 21.6 Å². The fraction of sp³-hybridized carbons (Fsp3) is 0.0952. The lowest BCUT2D eigenvalue weighted by Crippen LogP contribution is -2.40. The van der Waals surface area contributed by atoms with E-state index in [1.54, 1.807) is 53.5 Å². The van der Waals surface area contributed by atoms with Gasteiger partial charge in [0.1, 0.15) is 11.2 Å². The van der Waals surface area contributed by atoms with E-state index in [2.05, 4.69) is 5.32 Å². The number of benzene rings is 2. The Morgan fingerprint density at radius 1 is 1.07 bits per heavy atom. The van der Waals surface area contributed by atoms with Crippen LogP contribution in [0.15, 0.2) is 80.5 Å². The van der Waals surface area contributed by atoms with Crippen LogP contribution in [0.1, 0.15) is 0 Å². The molecule has 6 nitrogen and oxygen atoms in total. The average molecular weight is 424 g/mol. The predicted octanol–water partition coefficient (Wildman–Crippen LogP) is 3.57. The maximum absolute atomic E-state index is 13.1. The second-order valence-electron chi connectivity index (χ2n) is 6.26. The number of hydrogen-bond acceptors (Lipinski definition) is 5. The highest BCUT2D eigenvalue weighted by Crippen LogP contribution is 2.20. The van der Waals surface area contributed by atoms with E-state index in [1.165, 1.54) is 15.9 Å². The van der Waals surface area contributed by atoms with Gasteiger partial charge in [-0.3, -0.25) is 14.2 Å². The molecule has 0 spiro atoms. The fourth-order valence-corrected chi connectivity index (χ4v) is 4.37. The van der Waals surface area contributed by atoms with Crippen LogP contribution < -0.4 is 16.6 Å². The van der Waals surface area contributed by atoms with Crippen molar-refractivity contribution in [1.29, 1.82) is 0 Å². The number of carbonyl (C=O) groups is 1. The number of para-hydroxylation sites is 1. The number of rotatable bonds is 5. The smallest absolute Gasteiger partial charge is 0.324 e. The number of thiophene rings is 1. The molecule has 146 valence electrons. The molecule has 8 heteroatoms. The van der Waals surface area contributed by atoms with Crippen molar-refractivity contribution in [1.82, 2.24) is 9.13 Å². The van der Waals surface area contributed by atoms with E-state index in [1.807, 2.05) is 30.5 Å². The van der Waals surface area contributed by atoms with Gasteiger partial charge in [0, 0.05) is 10.6 Å². The van der Waals surface area contributed by atoms with Gasteiger partial charge in [0.25, 0.3) is 5.56 Å². The standard InChI is InChI=1S/C21H17N3O3S2/c1-28-16-9-5-6-14(12-16)22-18(25)13-23-17-10-11-29-19(17)20(26)24(21(23)27)15-7-3-2-4-8-15/h2-12H,13H2,1H3,(H,22,25). The van der Waals surface area contributed by atoms with Gasteiger partial charge in [-0.1, -0.05) is 24.3 Å². The Kier molecular flexibility index (Phi) is 5.37. The first-order chi connectivity index (χ1) is 14.1. The molecule has 0 aliphatic rings. The maximum Gasteiger partial charge on any atom is 0.336 e. The monoisotopic (exact) mass is 423 g/mol. The minimum Gasteiger partial charge on any atom is -0.324 e. The Morgan fingerprint density at radius 2 is 1.86 bits per heavy atom. The SMILES string of the molecule is CSc1cccc(NC(=O)Cn2c(=O)n(-c3ccccc3)c(=O)c3sccc32)c1. The van der Waals surface area contributed by atoms with Gasteiger partial charge in [0.05, 0.1) is 11.2 Å². The third-order valence-corrected chi connectivity index (χ3v) is 6.04. The lowest BCUT2D eigenvalue weighted by molar-refractivity contribution is -0.116. The maximum atomic E-state index is 13.1. The van der Waals surface area contributed by atoms with Crippen molar-refractivity contribution >= 4 is 44.9 Å². The van der Waals surface area contributed by atoms with Gasteiger partial charge in [0.2, 0.25) is 5.91 Å². The second-order valence-corrected chi connectivity index (χ2v) is 8.06. The Bertz CT molecular complexity index is 1310. The average Bonchev–Trinajstić information content (AvgIpc) is 3.22. The predicted molar refractivity (Wildman–Crippen MR) is 119 cm³/mol. The summed E-state index contributed by atoms with van der Waals surface area (Å²) in [6.45, 7) is -0.192. The van der Waals surface area contributed by atoms with E-state index < -0.39 is 5.69 Å². The molecule has 1 N–H and O–H groups in total. The van der Waals surface area contributed by atoms with Gasteiger partial charge in [0.15, 0.2) is 0 Å². The Labute approximate surface area is 174 Å². The molecule has 1 amide bonds. The summed E-state index contributed by atoms with van der Waals surface area (Å²) in [5.74, 6) is -0.337. The van der Waals surface area contributed by atoms with Crippen LogP contribution in [-0.2, 0) is 11.3 Å². The van der Waals surface area contributed by atoms with E-state index >= 15 is 0 Å². The van der Waals surface area contributed by atoms with Crippen LogP contribution in [0, 0.1) is 0 Å². The molecule has 0 saturated heterocycles. The molecular formula is C21H17N3O3S2. The van der Waals surface area contributed by atoms with Crippen molar-refractivity contribution in [2.24, 2.45) is 0 Å². The summed E-state index contributed by atoms with van der Waals surface area (Å²) < 4.78 is 2.89. The Hall–Kier alpha value is -3.10. The largest absolute Gasteiger partial charge is 0.336 e. The molecule has 2 aromatic carbocycles. The number of anilines is 1. The van der Waals surface area contributed by atoms with Gasteiger partial charge >= 0.3 is 5.69 Å². The molecule has 4 aromatic rings. The highest BCUT2D eigenvalue weighted by atomic mass is 32.2. The van der Waals surface area contributed by atoms with Crippen molar-refractivity contribution in [3.8, 4) is 5.69 Å². The van der Waals surface area contributed by atoms with Crippen LogP contribution in [-0.4, -0.2) is 21.3 Å². The van der Waals surface area contributed by atoms with E-state index in [4.69, 9.17) is 0 Å². The number of aromatic nitrogens is 2. The van der Waals surface area contributed by atoms with Crippen molar-refractivity contribution < 1.29 is 4.79 Å². The van der Waals surface area contributed by atoms with Crippen LogP contribution in [0.4, 0.5) is 5.69 Å². The zero-order valence-electron chi connectivity index (χ0n) is 15.5. The molecule has 0 aliphatic heterocycles. The number of amides is 1. The molecule has 0 aliphatic carbocycles.